The van der Waals surface area contributed by atoms with Crippen molar-refractivity contribution < 1.29 is 13.9 Å². The highest BCUT2D eigenvalue weighted by Gasteiger charge is 2.29. The van der Waals surface area contributed by atoms with E-state index < -0.39 is 6.10 Å². The van der Waals surface area contributed by atoms with Crippen LogP contribution in [-0.4, -0.2) is 40.5 Å². The maximum absolute atomic E-state index is 14.3. The van der Waals surface area contributed by atoms with Gasteiger partial charge in [0.2, 0.25) is 5.91 Å². The summed E-state index contributed by atoms with van der Waals surface area (Å²) in [6.07, 6.45) is 3.63. The van der Waals surface area contributed by atoms with Gasteiger partial charge in [-0.2, -0.15) is 0 Å². The zero-order chi connectivity index (χ0) is 20.9. The zero-order valence-electron chi connectivity index (χ0n) is 16.3. The number of halogens is 2. The summed E-state index contributed by atoms with van der Waals surface area (Å²) in [7, 11) is 0. The third-order valence-electron chi connectivity index (χ3n) is 5.10. The number of rotatable bonds is 5. The van der Waals surface area contributed by atoms with Crippen LogP contribution in [0, 0.1) is 5.82 Å². The van der Waals surface area contributed by atoms with E-state index in [1.165, 1.54) is 12.3 Å². The Morgan fingerprint density at radius 1 is 1.17 bits per heavy atom. The Labute approximate surface area is 179 Å². The average molecular weight is 426 g/mol. The smallest absolute Gasteiger partial charge is 0.223 e. The quantitative estimate of drug-likeness (QED) is 0.605. The second kappa shape index (κ2) is 9.32. The number of carbonyl (C=O) groups is 1. The molecular weight excluding hydrogens is 405 g/mol. The molecule has 1 fully saturated rings. The van der Waals surface area contributed by atoms with Crippen LogP contribution in [0.1, 0.15) is 23.8 Å². The third kappa shape index (κ3) is 4.66. The molecule has 0 spiro atoms. The second-order valence-electron chi connectivity index (χ2n) is 7.10. The monoisotopic (exact) mass is 425 g/mol. The summed E-state index contributed by atoms with van der Waals surface area (Å²) in [5.74, 6) is -0.330. The van der Waals surface area contributed by atoms with E-state index in [0.29, 0.717) is 54.5 Å². The van der Waals surface area contributed by atoms with Crippen molar-refractivity contribution in [2.24, 2.45) is 0 Å². The van der Waals surface area contributed by atoms with Crippen molar-refractivity contribution in [1.29, 1.82) is 0 Å². The SMILES string of the molecule is O=C(CCc1cccc(Cl)c1)N1CCOC(c2nccnc2-c2ccccc2F)C1. The Bertz CT molecular complexity index is 1050. The minimum Gasteiger partial charge on any atom is -0.368 e. The molecule has 1 saturated heterocycles. The van der Waals surface area contributed by atoms with E-state index >= 15 is 0 Å². The van der Waals surface area contributed by atoms with Gasteiger partial charge in [0.1, 0.15) is 11.9 Å². The molecule has 1 amide bonds. The predicted molar refractivity (Wildman–Crippen MR) is 112 cm³/mol. The topological polar surface area (TPSA) is 55.3 Å². The fourth-order valence-corrected chi connectivity index (χ4v) is 3.80. The van der Waals surface area contributed by atoms with Gasteiger partial charge in [0.15, 0.2) is 0 Å². The highest BCUT2D eigenvalue weighted by atomic mass is 35.5. The van der Waals surface area contributed by atoms with E-state index in [2.05, 4.69) is 9.97 Å². The van der Waals surface area contributed by atoms with Gasteiger partial charge >= 0.3 is 0 Å². The van der Waals surface area contributed by atoms with Gasteiger partial charge in [-0.3, -0.25) is 14.8 Å². The van der Waals surface area contributed by atoms with Crippen LogP contribution in [-0.2, 0) is 16.0 Å². The number of morpholine rings is 1. The van der Waals surface area contributed by atoms with E-state index in [1.54, 1.807) is 29.3 Å². The van der Waals surface area contributed by atoms with Gasteiger partial charge < -0.3 is 9.64 Å². The Hall–Kier alpha value is -2.83. The maximum atomic E-state index is 14.3. The van der Waals surface area contributed by atoms with Crippen molar-refractivity contribution >= 4 is 17.5 Å². The summed E-state index contributed by atoms with van der Waals surface area (Å²) in [4.78, 5) is 23.3. The number of aryl methyl sites for hydroxylation is 1. The molecule has 0 radical (unpaired) electrons. The normalized spacial score (nSPS) is 16.5. The van der Waals surface area contributed by atoms with Gasteiger partial charge in [0.05, 0.1) is 24.5 Å². The molecule has 3 aromatic rings. The van der Waals surface area contributed by atoms with Crippen LogP contribution in [0.15, 0.2) is 60.9 Å². The molecule has 154 valence electrons. The highest BCUT2D eigenvalue weighted by Crippen LogP contribution is 2.30. The van der Waals surface area contributed by atoms with Gasteiger partial charge in [-0.1, -0.05) is 35.9 Å². The van der Waals surface area contributed by atoms with Gasteiger partial charge in [0.25, 0.3) is 0 Å². The lowest BCUT2D eigenvalue weighted by Crippen LogP contribution is -2.42. The van der Waals surface area contributed by atoms with Crippen LogP contribution in [0.25, 0.3) is 11.3 Å². The van der Waals surface area contributed by atoms with Crippen LogP contribution >= 0.6 is 11.6 Å². The first kappa shape index (κ1) is 20.4. The lowest BCUT2D eigenvalue weighted by molar-refractivity contribution is -0.139. The van der Waals surface area contributed by atoms with Gasteiger partial charge in [-0.15, -0.1) is 0 Å². The Balaban J connectivity index is 1.48. The average Bonchev–Trinajstić information content (AvgIpc) is 2.78. The van der Waals surface area contributed by atoms with E-state index in [-0.39, 0.29) is 11.7 Å². The van der Waals surface area contributed by atoms with Crippen molar-refractivity contribution in [1.82, 2.24) is 14.9 Å². The lowest BCUT2D eigenvalue weighted by atomic mass is 10.0. The number of ether oxygens (including phenoxy) is 1. The molecule has 0 bridgehead atoms. The Morgan fingerprint density at radius 3 is 2.83 bits per heavy atom. The van der Waals surface area contributed by atoms with Gasteiger partial charge in [-0.05, 0) is 36.2 Å². The molecule has 0 saturated carbocycles. The second-order valence-corrected chi connectivity index (χ2v) is 7.54. The number of hydrogen-bond acceptors (Lipinski definition) is 4. The van der Waals surface area contributed by atoms with E-state index in [1.807, 2.05) is 24.3 Å². The third-order valence-corrected chi connectivity index (χ3v) is 5.33. The zero-order valence-corrected chi connectivity index (χ0v) is 17.1. The summed E-state index contributed by atoms with van der Waals surface area (Å²) >= 11 is 6.02. The molecule has 0 aliphatic carbocycles. The molecule has 1 aliphatic heterocycles. The molecule has 2 heterocycles. The Kier molecular flexibility index (Phi) is 6.35. The molecule has 5 nitrogen and oxygen atoms in total. The Morgan fingerprint density at radius 2 is 2.00 bits per heavy atom. The number of benzene rings is 2. The molecule has 7 heteroatoms. The molecule has 30 heavy (non-hydrogen) atoms. The summed E-state index contributed by atoms with van der Waals surface area (Å²) in [6.45, 7) is 1.26. The van der Waals surface area contributed by atoms with Gasteiger partial charge in [0, 0.05) is 35.9 Å². The van der Waals surface area contributed by atoms with Crippen LogP contribution in [0.2, 0.25) is 5.02 Å². The molecule has 1 aliphatic rings. The largest absolute Gasteiger partial charge is 0.368 e. The number of hydrogen-bond donors (Lipinski definition) is 0. The minimum atomic E-state index is -0.461. The van der Waals surface area contributed by atoms with Crippen molar-refractivity contribution in [3.63, 3.8) is 0 Å². The molecule has 2 aromatic carbocycles. The molecule has 1 aromatic heterocycles. The van der Waals surface area contributed by atoms with E-state index in [0.717, 1.165) is 5.56 Å². The number of amides is 1. The van der Waals surface area contributed by atoms with E-state index in [4.69, 9.17) is 16.3 Å². The number of carbonyl (C=O) groups excluding carboxylic acids is 1. The summed E-state index contributed by atoms with van der Waals surface area (Å²) in [5, 5.41) is 0.662. The highest BCUT2D eigenvalue weighted by molar-refractivity contribution is 6.30. The van der Waals surface area contributed by atoms with Crippen LogP contribution in [0.4, 0.5) is 4.39 Å². The maximum Gasteiger partial charge on any atom is 0.223 e. The summed E-state index contributed by atoms with van der Waals surface area (Å²) in [5.41, 5.74) is 2.37. The molecule has 1 atom stereocenters. The first-order valence-corrected chi connectivity index (χ1v) is 10.2. The van der Waals surface area contributed by atoms with Crippen LogP contribution in [0.5, 0.6) is 0 Å². The minimum absolute atomic E-state index is 0.0413. The predicted octanol–water partition coefficient (Wildman–Crippen LogP) is 4.47. The van der Waals surface area contributed by atoms with Crippen molar-refractivity contribution in [2.45, 2.75) is 18.9 Å². The first-order valence-electron chi connectivity index (χ1n) is 9.81. The molecule has 0 N–H and O–H groups in total. The van der Waals surface area contributed by atoms with E-state index in [9.17, 15) is 9.18 Å². The summed E-state index contributed by atoms with van der Waals surface area (Å²) < 4.78 is 20.2. The molecule has 1 unspecified atom stereocenters. The lowest BCUT2D eigenvalue weighted by Gasteiger charge is -2.33. The number of aromatic nitrogens is 2. The van der Waals surface area contributed by atoms with Crippen molar-refractivity contribution in [3.8, 4) is 11.3 Å². The number of nitrogens with zero attached hydrogens (tertiary/aromatic N) is 3. The van der Waals surface area contributed by atoms with Crippen LogP contribution < -0.4 is 0 Å². The van der Waals surface area contributed by atoms with Crippen molar-refractivity contribution in [2.75, 3.05) is 19.7 Å². The van der Waals surface area contributed by atoms with Crippen LogP contribution in [0.3, 0.4) is 0 Å². The first-order chi connectivity index (χ1) is 14.6. The molecular formula is C23H21ClFN3O2. The van der Waals surface area contributed by atoms with Gasteiger partial charge in [-0.25, -0.2) is 4.39 Å². The fraction of sp³-hybridized carbons (Fsp3) is 0.261. The summed E-state index contributed by atoms with van der Waals surface area (Å²) in [6, 6.07) is 14.0. The van der Waals surface area contributed by atoms with Crippen molar-refractivity contribution in [3.05, 3.63) is 83.0 Å². The fourth-order valence-electron chi connectivity index (χ4n) is 3.59. The molecule has 4 rings (SSSR count). The standard InChI is InChI=1S/C23H21ClFN3O2/c24-17-5-3-4-16(14-17)8-9-21(29)28-12-13-30-20(15-28)23-22(26-10-11-27-23)18-6-1-2-7-19(18)25/h1-7,10-11,14,20H,8-9,12-13,15H2.